The summed E-state index contributed by atoms with van der Waals surface area (Å²) in [5, 5.41) is 5.12. The summed E-state index contributed by atoms with van der Waals surface area (Å²) < 4.78 is 0. The average molecular weight is 283 g/mol. The molecule has 0 saturated carbocycles. The number of rotatable bonds is 2. The fourth-order valence-electron chi connectivity index (χ4n) is 1.90. The van der Waals surface area contributed by atoms with Crippen LogP contribution in [0.2, 0.25) is 13.1 Å². The summed E-state index contributed by atoms with van der Waals surface area (Å²) in [5.41, 5.74) is 0. The van der Waals surface area contributed by atoms with Gasteiger partial charge < -0.3 is 0 Å². The van der Waals surface area contributed by atoms with E-state index in [2.05, 4.69) is 49.5 Å². The fraction of sp³-hybridized carbons (Fsp3) is 0.167. The van der Waals surface area contributed by atoms with E-state index in [1.54, 1.807) is 0 Å². The molecule has 0 unspecified atom stereocenters. The van der Waals surface area contributed by atoms with Crippen LogP contribution in [0.15, 0.2) is 36.4 Å². The highest BCUT2D eigenvalue weighted by Crippen LogP contribution is 2.13. The van der Waals surface area contributed by atoms with Crippen LogP contribution in [0.1, 0.15) is 0 Å². The lowest BCUT2D eigenvalue weighted by atomic mass is 10.1. The maximum absolute atomic E-state index is 6.29. The summed E-state index contributed by atoms with van der Waals surface area (Å²) in [6.45, 7) is 4.21. The zero-order valence-corrected chi connectivity index (χ0v) is 12.7. The molecule has 0 amide bonds. The lowest BCUT2D eigenvalue weighted by Gasteiger charge is -2.12. The molecule has 0 aliphatic carbocycles. The van der Waals surface area contributed by atoms with Gasteiger partial charge in [0.25, 0.3) is 0 Å². The molecule has 0 N–H and O–H groups in total. The van der Waals surface area contributed by atoms with Crippen molar-refractivity contribution in [2.24, 2.45) is 0 Å². The zero-order chi connectivity index (χ0) is 11.7. The first-order valence-corrected chi connectivity index (χ1v) is 11.1. The molecule has 0 aromatic heterocycles. The van der Waals surface area contributed by atoms with Crippen molar-refractivity contribution < 1.29 is 0 Å². The van der Waals surface area contributed by atoms with Gasteiger partial charge in [0.05, 0.1) is 0 Å². The molecule has 0 atom stereocenters. The Balaban J connectivity index is 2.77. The molecular formula is C12H12Cl2Si2. The molecule has 0 heterocycles. The van der Waals surface area contributed by atoms with Gasteiger partial charge in [0, 0.05) is 0 Å². The second-order valence-electron chi connectivity index (χ2n) is 3.77. The van der Waals surface area contributed by atoms with E-state index in [0.717, 1.165) is 0 Å². The Morgan fingerprint density at radius 3 is 1.44 bits per heavy atom. The van der Waals surface area contributed by atoms with Gasteiger partial charge in [-0.25, -0.2) is 0 Å². The van der Waals surface area contributed by atoms with Gasteiger partial charge in [0.1, 0.15) is 0 Å². The van der Waals surface area contributed by atoms with Gasteiger partial charge in [0.15, 0.2) is 16.2 Å². The molecule has 0 spiro atoms. The first kappa shape index (κ1) is 12.2. The van der Waals surface area contributed by atoms with Crippen LogP contribution in [0, 0.1) is 0 Å². The number of halogens is 2. The van der Waals surface area contributed by atoms with Crippen molar-refractivity contribution in [3.8, 4) is 0 Å². The van der Waals surface area contributed by atoms with E-state index in [1.165, 1.54) is 21.1 Å². The van der Waals surface area contributed by atoms with E-state index < -0.39 is 16.2 Å². The minimum absolute atomic E-state index is 0.939. The average Bonchev–Trinajstić information content (AvgIpc) is 2.27. The molecular weight excluding hydrogens is 271 g/mol. The third-order valence-corrected chi connectivity index (χ3v) is 6.24. The largest absolute Gasteiger partial charge is 0.197 e. The minimum atomic E-state index is -0.939. The van der Waals surface area contributed by atoms with Gasteiger partial charge >= 0.3 is 0 Å². The van der Waals surface area contributed by atoms with Gasteiger partial charge in [-0.3, -0.25) is 0 Å². The number of fused-ring (bicyclic) bond motifs is 1. The van der Waals surface area contributed by atoms with Crippen LogP contribution < -0.4 is 10.4 Å². The minimum Gasteiger partial charge on any atom is -0.163 e. The van der Waals surface area contributed by atoms with Crippen LogP contribution in [0.25, 0.3) is 10.8 Å². The van der Waals surface area contributed by atoms with Crippen molar-refractivity contribution in [2.45, 2.75) is 13.1 Å². The Bertz CT molecular complexity index is 463. The number of benzene rings is 2. The van der Waals surface area contributed by atoms with Gasteiger partial charge in [-0.1, -0.05) is 49.5 Å². The van der Waals surface area contributed by atoms with Crippen LogP contribution >= 0.6 is 22.2 Å². The van der Waals surface area contributed by atoms with Crippen molar-refractivity contribution in [3.05, 3.63) is 36.4 Å². The van der Waals surface area contributed by atoms with Crippen molar-refractivity contribution in [2.75, 3.05) is 0 Å². The summed E-state index contributed by atoms with van der Waals surface area (Å²) >= 11 is 12.6. The van der Waals surface area contributed by atoms with Crippen LogP contribution in [-0.4, -0.2) is 16.2 Å². The van der Waals surface area contributed by atoms with E-state index >= 15 is 0 Å². The summed E-state index contributed by atoms with van der Waals surface area (Å²) in [5.74, 6) is 0. The Morgan fingerprint density at radius 1 is 0.750 bits per heavy atom. The van der Waals surface area contributed by atoms with E-state index in [9.17, 15) is 0 Å². The van der Waals surface area contributed by atoms with Crippen molar-refractivity contribution >= 4 is 59.5 Å². The second kappa shape index (κ2) is 4.92. The van der Waals surface area contributed by atoms with Crippen molar-refractivity contribution in [1.82, 2.24) is 0 Å². The molecule has 0 aliphatic rings. The summed E-state index contributed by atoms with van der Waals surface area (Å²) in [6, 6.07) is 12.7. The Labute approximate surface area is 109 Å². The summed E-state index contributed by atoms with van der Waals surface area (Å²) in [6.07, 6.45) is 0. The second-order valence-corrected chi connectivity index (χ2v) is 10.4. The van der Waals surface area contributed by atoms with Crippen LogP contribution in [0.5, 0.6) is 0 Å². The maximum Gasteiger partial charge on any atom is 0.197 e. The van der Waals surface area contributed by atoms with Gasteiger partial charge in [0.2, 0.25) is 0 Å². The van der Waals surface area contributed by atoms with E-state index in [0.29, 0.717) is 0 Å². The zero-order valence-electron chi connectivity index (χ0n) is 9.22. The molecule has 2 aromatic rings. The molecule has 0 aliphatic heterocycles. The third-order valence-electron chi connectivity index (χ3n) is 2.67. The summed E-state index contributed by atoms with van der Waals surface area (Å²) in [4.78, 5) is 0. The van der Waals surface area contributed by atoms with Gasteiger partial charge in [-0.05, 0) is 21.1 Å². The molecule has 16 heavy (non-hydrogen) atoms. The van der Waals surface area contributed by atoms with Crippen molar-refractivity contribution in [1.29, 1.82) is 0 Å². The smallest absolute Gasteiger partial charge is 0.163 e. The van der Waals surface area contributed by atoms with Crippen LogP contribution in [-0.2, 0) is 0 Å². The predicted octanol–water partition coefficient (Wildman–Crippen LogP) is 2.97. The third kappa shape index (κ3) is 2.20. The normalized spacial score (nSPS) is 11.6. The standard InChI is InChI=1S/C12H12Cl2Si2/c1-15(13)11-7-8-12(16(2)14)10-6-4-3-5-9(10)11/h3-8H,1-2H3. The Morgan fingerprint density at radius 2 is 1.12 bits per heavy atom. The highest BCUT2D eigenvalue weighted by Gasteiger charge is 2.14. The maximum atomic E-state index is 6.29. The molecule has 4 heteroatoms. The molecule has 0 nitrogen and oxygen atoms in total. The first-order valence-electron chi connectivity index (χ1n) is 5.12. The predicted molar refractivity (Wildman–Crippen MR) is 78.2 cm³/mol. The lowest BCUT2D eigenvalue weighted by molar-refractivity contribution is 1.80. The quantitative estimate of drug-likeness (QED) is 0.587. The highest BCUT2D eigenvalue weighted by molar-refractivity contribution is 7.15. The molecule has 2 aromatic carbocycles. The van der Waals surface area contributed by atoms with Crippen molar-refractivity contribution in [3.63, 3.8) is 0 Å². The van der Waals surface area contributed by atoms with E-state index in [-0.39, 0.29) is 0 Å². The first-order chi connectivity index (χ1) is 7.61. The fourth-order valence-corrected chi connectivity index (χ4v) is 4.69. The molecule has 0 saturated heterocycles. The number of hydrogen-bond acceptors (Lipinski definition) is 0. The molecule has 2 rings (SSSR count). The Kier molecular flexibility index (Phi) is 3.75. The van der Waals surface area contributed by atoms with E-state index in [4.69, 9.17) is 22.2 Å². The molecule has 0 bridgehead atoms. The van der Waals surface area contributed by atoms with Gasteiger partial charge in [-0.15, -0.1) is 0 Å². The molecule has 82 valence electrons. The Hall–Kier alpha value is -0.286. The monoisotopic (exact) mass is 282 g/mol. The molecule has 2 radical (unpaired) electrons. The van der Waals surface area contributed by atoms with E-state index in [1.807, 2.05) is 0 Å². The van der Waals surface area contributed by atoms with Crippen LogP contribution in [0.4, 0.5) is 0 Å². The SMILES string of the molecule is C[Si](Cl)c1ccc([Si](C)Cl)c2ccccc12. The highest BCUT2D eigenvalue weighted by atomic mass is 35.6. The lowest BCUT2D eigenvalue weighted by Crippen LogP contribution is -2.28. The summed E-state index contributed by atoms with van der Waals surface area (Å²) in [7, 11) is -1.88. The molecule has 0 fully saturated rings. The van der Waals surface area contributed by atoms with Crippen LogP contribution in [0.3, 0.4) is 0 Å². The number of hydrogen-bond donors (Lipinski definition) is 0. The van der Waals surface area contributed by atoms with Gasteiger partial charge in [-0.2, -0.15) is 22.2 Å². The topological polar surface area (TPSA) is 0 Å².